The number of nitrogens with zero attached hydrogens (tertiary/aromatic N) is 3. The standard InChI is InChI=1S/C28H31N5O2/c1-35-27-9-7-23(16-26(27)30-18-22-4-2-11-29-17-22)28(34)33-12-3-5-20(10-13-33)14-21-6-8-25-24(15-21)19-31-32-25/h2,4,6-9,11,15-17,19-20,30H,3,5,10,12-14,18H2,1H3,(H,31,32)/t20-/m1/s1. The van der Waals surface area contributed by atoms with E-state index in [4.69, 9.17) is 4.74 Å². The zero-order chi connectivity index (χ0) is 24.0. The molecule has 0 radical (unpaired) electrons. The van der Waals surface area contributed by atoms with Gasteiger partial charge >= 0.3 is 0 Å². The molecular weight excluding hydrogens is 438 g/mol. The number of carbonyl (C=O) groups excluding carboxylic acids is 1. The number of benzene rings is 2. The Hall–Kier alpha value is -3.87. The van der Waals surface area contributed by atoms with E-state index in [0.717, 1.165) is 66.7 Å². The topological polar surface area (TPSA) is 83.1 Å². The van der Waals surface area contributed by atoms with Gasteiger partial charge < -0.3 is 15.0 Å². The third-order valence-corrected chi connectivity index (χ3v) is 6.82. The molecule has 7 heteroatoms. The molecule has 2 aromatic heterocycles. The number of anilines is 1. The summed E-state index contributed by atoms with van der Waals surface area (Å²) in [7, 11) is 1.64. The van der Waals surface area contributed by atoms with Gasteiger partial charge in [0.25, 0.3) is 5.91 Å². The number of aromatic nitrogens is 3. The molecule has 0 bridgehead atoms. The Bertz CT molecular complexity index is 1290. The van der Waals surface area contributed by atoms with E-state index in [1.54, 1.807) is 13.3 Å². The van der Waals surface area contributed by atoms with Crippen LogP contribution < -0.4 is 10.1 Å². The zero-order valence-corrected chi connectivity index (χ0v) is 20.0. The Morgan fingerprint density at radius 1 is 1.11 bits per heavy atom. The second-order valence-electron chi connectivity index (χ2n) is 9.21. The van der Waals surface area contributed by atoms with Crippen molar-refractivity contribution in [3.8, 4) is 5.75 Å². The fraction of sp³-hybridized carbons (Fsp3) is 0.321. The molecule has 0 aliphatic carbocycles. The third-order valence-electron chi connectivity index (χ3n) is 6.82. The van der Waals surface area contributed by atoms with Crippen molar-refractivity contribution in [2.45, 2.75) is 32.2 Å². The molecule has 180 valence electrons. The van der Waals surface area contributed by atoms with Crippen molar-refractivity contribution in [1.29, 1.82) is 0 Å². The second-order valence-corrected chi connectivity index (χ2v) is 9.21. The number of ether oxygens (including phenoxy) is 1. The highest BCUT2D eigenvalue weighted by Crippen LogP contribution is 2.28. The maximum atomic E-state index is 13.4. The molecule has 0 unspecified atom stereocenters. The van der Waals surface area contributed by atoms with Crippen LogP contribution in [0.3, 0.4) is 0 Å². The summed E-state index contributed by atoms with van der Waals surface area (Å²) in [6.45, 7) is 2.18. The predicted octanol–water partition coefficient (Wildman–Crippen LogP) is 5.06. The lowest BCUT2D eigenvalue weighted by Gasteiger charge is -2.22. The molecule has 4 aromatic rings. The quantitative estimate of drug-likeness (QED) is 0.395. The average Bonchev–Trinajstić information content (AvgIpc) is 3.25. The molecule has 35 heavy (non-hydrogen) atoms. The lowest BCUT2D eigenvalue weighted by atomic mass is 9.92. The fourth-order valence-corrected chi connectivity index (χ4v) is 4.89. The number of methoxy groups -OCH3 is 1. The Morgan fingerprint density at radius 3 is 2.91 bits per heavy atom. The van der Waals surface area contributed by atoms with Crippen LogP contribution in [0.15, 0.2) is 67.1 Å². The molecule has 1 fully saturated rings. The summed E-state index contributed by atoms with van der Waals surface area (Å²) in [4.78, 5) is 19.6. The Kier molecular flexibility index (Phi) is 6.93. The lowest BCUT2D eigenvalue weighted by molar-refractivity contribution is 0.0760. The van der Waals surface area contributed by atoms with Crippen LogP contribution in [-0.2, 0) is 13.0 Å². The highest BCUT2D eigenvalue weighted by Gasteiger charge is 2.23. The van der Waals surface area contributed by atoms with Gasteiger partial charge in [-0.2, -0.15) is 5.10 Å². The van der Waals surface area contributed by atoms with Gasteiger partial charge in [-0.05, 0) is 79.1 Å². The molecule has 2 aromatic carbocycles. The first-order valence-electron chi connectivity index (χ1n) is 12.2. The van der Waals surface area contributed by atoms with E-state index in [1.807, 2.05) is 47.6 Å². The summed E-state index contributed by atoms with van der Waals surface area (Å²) < 4.78 is 5.52. The Morgan fingerprint density at radius 2 is 2.06 bits per heavy atom. The number of rotatable bonds is 7. The number of aromatic amines is 1. The zero-order valence-electron chi connectivity index (χ0n) is 20.0. The number of likely N-dealkylation sites (tertiary alicyclic amines) is 1. The van der Waals surface area contributed by atoms with Crippen LogP contribution >= 0.6 is 0 Å². The van der Waals surface area contributed by atoms with Gasteiger partial charge in [0.1, 0.15) is 5.75 Å². The first-order valence-corrected chi connectivity index (χ1v) is 12.2. The van der Waals surface area contributed by atoms with Crippen LogP contribution in [0, 0.1) is 5.92 Å². The highest BCUT2D eigenvalue weighted by molar-refractivity contribution is 5.95. The molecule has 3 heterocycles. The summed E-state index contributed by atoms with van der Waals surface area (Å²) in [5, 5.41) is 11.7. The highest BCUT2D eigenvalue weighted by atomic mass is 16.5. The lowest BCUT2D eigenvalue weighted by Crippen LogP contribution is -2.32. The van der Waals surface area contributed by atoms with Crippen LogP contribution in [0.4, 0.5) is 5.69 Å². The van der Waals surface area contributed by atoms with Gasteiger partial charge in [0.15, 0.2) is 0 Å². The second kappa shape index (κ2) is 10.6. The van der Waals surface area contributed by atoms with Gasteiger partial charge in [-0.25, -0.2) is 0 Å². The minimum Gasteiger partial charge on any atom is -0.495 e. The monoisotopic (exact) mass is 469 g/mol. The molecule has 1 aliphatic heterocycles. The van der Waals surface area contributed by atoms with Crippen LogP contribution in [-0.4, -0.2) is 46.2 Å². The summed E-state index contributed by atoms with van der Waals surface area (Å²) in [6.07, 6.45) is 9.66. The maximum Gasteiger partial charge on any atom is 0.253 e. The van der Waals surface area contributed by atoms with E-state index in [9.17, 15) is 4.79 Å². The number of nitrogens with one attached hydrogen (secondary N) is 2. The summed E-state index contributed by atoms with van der Waals surface area (Å²) >= 11 is 0. The van der Waals surface area contributed by atoms with Gasteiger partial charge in [-0.15, -0.1) is 0 Å². The smallest absolute Gasteiger partial charge is 0.253 e. The number of pyridine rings is 1. The van der Waals surface area contributed by atoms with E-state index in [0.29, 0.717) is 18.0 Å². The van der Waals surface area contributed by atoms with Crippen molar-refractivity contribution < 1.29 is 9.53 Å². The number of H-pyrrole nitrogens is 1. The van der Waals surface area contributed by atoms with Gasteiger partial charge in [0, 0.05) is 43.0 Å². The van der Waals surface area contributed by atoms with Crippen LogP contribution in [0.1, 0.15) is 40.7 Å². The molecule has 1 aliphatic rings. The molecule has 5 rings (SSSR count). The van der Waals surface area contributed by atoms with Crippen molar-refractivity contribution in [1.82, 2.24) is 20.1 Å². The Labute approximate surface area is 205 Å². The fourth-order valence-electron chi connectivity index (χ4n) is 4.89. The van der Waals surface area contributed by atoms with E-state index in [2.05, 4.69) is 38.7 Å². The number of fused-ring (bicyclic) bond motifs is 1. The largest absolute Gasteiger partial charge is 0.495 e. The van der Waals surface area contributed by atoms with E-state index in [-0.39, 0.29) is 5.91 Å². The molecular formula is C28H31N5O2. The minimum atomic E-state index is 0.0811. The van der Waals surface area contributed by atoms with Crippen molar-refractivity contribution in [2.24, 2.45) is 5.92 Å². The van der Waals surface area contributed by atoms with Gasteiger partial charge in [-0.3, -0.25) is 14.9 Å². The average molecular weight is 470 g/mol. The predicted molar refractivity (Wildman–Crippen MR) is 138 cm³/mol. The van der Waals surface area contributed by atoms with E-state index in [1.165, 1.54) is 5.56 Å². The third kappa shape index (κ3) is 5.45. The first kappa shape index (κ1) is 22.9. The van der Waals surface area contributed by atoms with E-state index >= 15 is 0 Å². The normalized spacial score (nSPS) is 16.1. The van der Waals surface area contributed by atoms with Gasteiger partial charge in [0.05, 0.1) is 24.5 Å². The molecule has 7 nitrogen and oxygen atoms in total. The number of amides is 1. The van der Waals surface area contributed by atoms with Crippen LogP contribution in [0.25, 0.3) is 10.9 Å². The molecule has 2 N–H and O–H groups in total. The number of hydrogen-bond acceptors (Lipinski definition) is 5. The molecule has 0 saturated carbocycles. The molecule has 1 atom stereocenters. The maximum absolute atomic E-state index is 13.4. The molecule has 1 amide bonds. The van der Waals surface area contributed by atoms with Crippen molar-refractivity contribution in [3.05, 3.63) is 83.8 Å². The molecule has 1 saturated heterocycles. The van der Waals surface area contributed by atoms with Gasteiger partial charge in [-0.1, -0.05) is 12.1 Å². The minimum absolute atomic E-state index is 0.0811. The van der Waals surface area contributed by atoms with E-state index < -0.39 is 0 Å². The molecule has 0 spiro atoms. The Balaban J connectivity index is 1.23. The van der Waals surface area contributed by atoms with Gasteiger partial charge in [0.2, 0.25) is 0 Å². The number of carbonyl (C=O) groups is 1. The number of hydrogen-bond donors (Lipinski definition) is 2. The van der Waals surface area contributed by atoms with Crippen molar-refractivity contribution in [3.63, 3.8) is 0 Å². The summed E-state index contributed by atoms with van der Waals surface area (Å²) in [5.41, 5.74) is 4.97. The summed E-state index contributed by atoms with van der Waals surface area (Å²) in [6, 6.07) is 16.1. The first-order chi connectivity index (χ1) is 17.2. The van der Waals surface area contributed by atoms with Crippen molar-refractivity contribution in [2.75, 3.05) is 25.5 Å². The van der Waals surface area contributed by atoms with Crippen LogP contribution in [0.2, 0.25) is 0 Å². The van der Waals surface area contributed by atoms with Crippen molar-refractivity contribution >= 4 is 22.5 Å². The van der Waals surface area contributed by atoms with Crippen LogP contribution in [0.5, 0.6) is 5.75 Å². The summed E-state index contributed by atoms with van der Waals surface area (Å²) in [5.74, 6) is 1.37. The SMILES string of the molecule is COc1ccc(C(=O)N2CCC[C@@H](Cc3ccc4[nH]ncc4c3)CC2)cc1NCc1cccnc1.